The van der Waals surface area contributed by atoms with Crippen LogP contribution in [0.25, 0.3) is 0 Å². The first-order valence-corrected chi connectivity index (χ1v) is 9.14. The Labute approximate surface area is 127 Å². The van der Waals surface area contributed by atoms with Gasteiger partial charge in [-0.1, -0.05) is 18.2 Å². The standard InChI is InChI=1S/C16H25NO3S/c1-11-5-6-14(9-12(11)2)15(17-4)10-21(18,19)16-7-8-20-13(16)3/h5-6,9,13,15-17H,7-8,10H2,1-4H3. The van der Waals surface area contributed by atoms with E-state index in [1.807, 2.05) is 33.0 Å². The van der Waals surface area contributed by atoms with Gasteiger partial charge < -0.3 is 10.1 Å². The van der Waals surface area contributed by atoms with Crippen LogP contribution in [0.5, 0.6) is 0 Å². The molecule has 3 unspecified atom stereocenters. The molecule has 1 aliphatic rings. The van der Waals surface area contributed by atoms with Gasteiger partial charge in [-0.25, -0.2) is 8.42 Å². The molecule has 1 aromatic carbocycles. The van der Waals surface area contributed by atoms with Crippen LogP contribution in [0.3, 0.4) is 0 Å². The average Bonchev–Trinajstić information content (AvgIpc) is 2.86. The molecule has 0 radical (unpaired) electrons. The number of hydrogen-bond acceptors (Lipinski definition) is 4. The van der Waals surface area contributed by atoms with Crippen molar-refractivity contribution in [2.24, 2.45) is 0 Å². The Balaban J connectivity index is 2.20. The lowest BCUT2D eigenvalue weighted by Gasteiger charge is -2.21. The fraction of sp³-hybridized carbons (Fsp3) is 0.625. The molecule has 1 heterocycles. The van der Waals surface area contributed by atoms with Crippen LogP contribution in [0.1, 0.15) is 36.1 Å². The number of rotatable bonds is 5. The van der Waals surface area contributed by atoms with Gasteiger partial charge in [0.15, 0.2) is 9.84 Å². The molecule has 0 saturated carbocycles. The maximum Gasteiger partial charge on any atom is 0.157 e. The van der Waals surface area contributed by atoms with Crippen molar-refractivity contribution in [1.29, 1.82) is 0 Å². The first-order chi connectivity index (χ1) is 9.85. The van der Waals surface area contributed by atoms with E-state index in [1.165, 1.54) is 11.1 Å². The van der Waals surface area contributed by atoms with Crippen LogP contribution >= 0.6 is 0 Å². The van der Waals surface area contributed by atoms with Crippen molar-refractivity contribution in [3.05, 3.63) is 34.9 Å². The van der Waals surface area contributed by atoms with E-state index in [0.29, 0.717) is 13.0 Å². The zero-order valence-electron chi connectivity index (χ0n) is 13.2. The summed E-state index contributed by atoms with van der Waals surface area (Å²) < 4.78 is 30.6. The number of benzene rings is 1. The molecule has 0 bridgehead atoms. The maximum absolute atomic E-state index is 12.6. The van der Waals surface area contributed by atoms with Crippen LogP contribution in [0.15, 0.2) is 18.2 Å². The summed E-state index contributed by atoms with van der Waals surface area (Å²) in [5.74, 6) is 0.115. The van der Waals surface area contributed by atoms with Crippen LogP contribution in [-0.4, -0.2) is 39.2 Å². The molecule has 21 heavy (non-hydrogen) atoms. The van der Waals surface area contributed by atoms with Crippen molar-refractivity contribution in [2.45, 2.75) is 44.6 Å². The largest absolute Gasteiger partial charge is 0.377 e. The number of ether oxygens (including phenoxy) is 1. The van der Waals surface area contributed by atoms with Crippen molar-refractivity contribution in [1.82, 2.24) is 5.32 Å². The zero-order valence-corrected chi connectivity index (χ0v) is 14.0. The van der Waals surface area contributed by atoms with Gasteiger partial charge in [-0.15, -0.1) is 0 Å². The second kappa shape index (κ2) is 6.46. The predicted molar refractivity (Wildman–Crippen MR) is 85.3 cm³/mol. The van der Waals surface area contributed by atoms with E-state index in [9.17, 15) is 8.42 Å². The SMILES string of the molecule is CNC(CS(=O)(=O)C1CCOC1C)c1ccc(C)c(C)c1. The molecule has 0 spiro atoms. The maximum atomic E-state index is 12.6. The van der Waals surface area contributed by atoms with Crippen molar-refractivity contribution in [3.63, 3.8) is 0 Å². The van der Waals surface area contributed by atoms with Gasteiger partial charge in [-0.3, -0.25) is 0 Å². The van der Waals surface area contributed by atoms with Gasteiger partial charge >= 0.3 is 0 Å². The summed E-state index contributed by atoms with van der Waals surface area (Å²) in [6.07, 6.45) is 0.402. The third-order valence-electron chi connectivity index (χ3n) is 4.45. The fourth-order valence-corrected chi connectivity index (χ4v) is 5.06. The van der Waals surface area contributed by atoms with Crippen LogP contribution in [0, 0.1) is 13.8 Å². The molecule has 2 rings (SSSR count). The highest BCUT2D eigenvalue weighted by Gasteiger charge is 2.37. The Morgan fingerprint density at radius 3 is 2.57 bits per heavy atom. The monoisotopic (exact) mass is 311 g/mol. The topological polar surface area (TPSA) is 55.4 Å². The average molecular weight is 311 g/mol. The second-order valence-corrected chi connectivity index (χ2v) is 8.18. The number of sulfone groups is 1. The van der Waals surface area contributed by atoms with Crippen LogP contribution in [0.4, 0.5) is 0 Å². The molecule has 1 aliphatic heterocycles. The molecule has 1 saturated heterocycles. The van der Waals surface area contributed by atoms with Crippen molar-refractivity contribution in [3.8, 4) is 0 Å². The summed E-state index contributed by atoms with van der Waals surface area (Å²) in [4.78, 5) is 0. The number of aryl methyl sites for hydroxylation is 2. The molecule has 1 fully saturated rings. The van der Waals surface area contributed by atoms with Gasteiger partial charge in [0.25, 0.3) is 0 Å². The lowest BCUT2D eigenvalue weighted by Crippen LogP contribution is -2.35. The van der Waals surface area contributed by atoms with Gasteiger partial charge in [0.2, 0.25) is 0 Å². The fourth-order valence-electron chi connectivity index (χ4n) is 2.87. The summed E-state index contributed by atoms with van der Waals surface area (Å²) in [7, 11) is -1.37. The van der Waals surface area contributed by atoms with Crippen LogP contribution in [0.2, 0.25) is 0 Å². The summed E-state index contributed by atoms with van der Waals surface area (Å²) in [5, 5.41) is 2.76. The van der Waals surface area contributed by atoms with E-state index in [4.69, 9.17) is 4.74 Å². The normalized spacial score (nSPS) is 24.2. The Kier molecular flexibility index (Phi) is 5.07. The van der Waals surface area contributed by atoms with E-state index < -0.39 is 9.84 Å². The summed E-state index contributed by atoms with van der Waals surface area (Å²) >= 11 is 0. The van der Waals surface area contributed by atoms with Crippen LogP contribution < -0.4 is 5.32 Å². The highest BCUT2D eigenvalue weighted by Crippen LogP contribution is 2.26. The van der Waals surface area contributed by atoms with Gasteiger partial charge in [-0.05, 0) is 50.9 Å². The predicted octanol–water partition coefficient (Wildman–Crippen LogP) is 2.16. The molecule has 1 N–H and O–H groups in total. The Morgan fingerprint density at radius 1 is 1.33 bits per heavy atom. The van der Waals surface area contributed by atoms with Crippen molar-refractivity contribution in [2.75, 3.05) is 19.4 Å². The van der Waals surface area contributed by atoms with Crippen molar-refractivity contribution < 1.29 is 13.2 Å². The summed E-state index contributed by atoms with van der Waals surface area (Å²) in [6, 6.07) is 5.94. The molecule has 118 valence electrons. The first-order valence-electron chi connectivity index (χ1n) is 7.42. The van der Waals surface area contributed by atoms with E-state index in [1.54, 1.807) is 0 Å². The van der Waals surface area contributed by atoms with E-state index in [0.717, 1.165) is 5.56 Å². The summed E-state index contributed by atoms with van der Waals surface area (Å²) in [5.41, 5.74) is 3.42. The lowest BCUT2D eigenvalue weighted by atomic mass is 10.0. The Hall–Kier alpha value is -0.910. The third kappa shape index (κ3) is 3.65. The molecule has 0 aromatic heterocycles. The quantitative estimate of drug-likeness (QED) is 0.905. The van der Waals surface area contributed by atoms with Crippen LogP contribution in [-0.2, 0) is 14.6 Å². The van der Waals surface area contributed by atoms with Gasteiger partial charge in [0, 0.05) is 12.6 Å². The molecular weight excluding hydrogens is 286 g/mol. The van der Waals surface area contributed by atoms with E-state index >= 15 is 0 Å². The molecule has 0 aliphatic carbocycles. The molecule has 0 amide bonds. The molecule has 1 aromatic rings. The minimum Gasteiger partial charge on any atom is -0.377 e. The Morgan fingerprint density at radius 2 is 2.05 bits per heavy atom. The molecule has 4 nitrogen and oxygen atoms in total. The number of hydrogen-bond donors (Lipinski definition) is 1. The minimum atomic E-state index is -3.18. The van der Waals surface area contributed by atoms with E-state index in [-0.39, 0.29) is 23.1 Å². The molecule has 3 atom stereocenters. The highest BCUT2D eigenvalue weighted by atomic mass is 32.2. The Bertz CT molecular complexity index is 598. The smallest absolute Gasteiger partial charge is 0.157 e. The van der Waals surface area contributed by atoms with E-state index in [2.05, 4.69) is 18.3 Å². The van der Waals surface area contributed by atoms with Gasteiger partial charge in [0.1, 0.15) is 0 Å². The lowest BCUT2D eigenvalue weighted by molar-refractivity contribution is 0.126. The summed E-state index contributed by atoms with van der Waals surface area (Å²) in [6.45, 7) is 6.49. The molecular formula is C16H25NO3S. The third-order valence-corrected chi connectivity index (χ3v) is 6.79. The number of nitrogens with one attached hydrogen (secondary N) is 1. The zero-order chi connectivity index (χ0) is 15.6. The molecule has 5 heteroatoms. The van der Waals surface area contributed by atoms with Gasteiger partial charge in [-0.2, -0.15) is 0 Å². The minimum absolute atomic E-state index is 0.115. The first kappa shape index (κ1) is 16.5. The van der Waals surface area contributed by atoms with Gasteiger partial charge in [0.05, 0.1) is 17.1 Å². The second-order valence-electron chi connectivity index (χ2n) is 5.92. The highest BCUT2D eigenvalue weighted by molar-refractivity contribution is 7.92. The van der Waals surface area contributed by atoms with Crippen molar-refractivity contribution >= 4 is 9.84 Å².